The van der Waals surface area contributed by atoms with Gasteiger partial charge in [-0.25, -0.2) is 19.9 Å². The summed E-state index contributed by atoms with van der Waals surface area (Å²) in [5.41, 5.74) is 12.1. The molecule has 6 heteroatoms. The van der Waals surface area contributed by atoms with Crippen LogP contribution in [0.1, 0.15) is 29.4 Å². The predicted octanol–water partition coefficient (Wildman–Crippen LogP) is 15.1. The fourth-order valence-corrected chi connectivity index (χ4v) is 9.91. The maximum Gasteiger partial charge on any atom is 0.227 e. The Labute approximate surface area is 380 Å². The van der Waals surface area contributed by atoms with Crippen molar-refractivity contribution in [3.05, 3.63) is 235 Å². The van der Waals surface area contributed by atoms with Gasteiger partial charge in [-0.3, -0.25) is 0 Å². The van der Waals surface area contributed by atoms with Gasteiger partial charge in [0.1, 0.15) is 5.52 Å². The number of aromatic nitrogens is 5. The maximum absolute atomic E-state index is 6.66. The van der Waals surface area contributed by atoms with Gasteiger partial charge in [0.2, 0.25) is 5.89 Å². The van der Waals surface area contributed by atoms with Gasteiger partial charge in [-0.1, -0.05) is 182 Å². The van der Waals surface area contributed by atoms with E-state index in [1.807, 2.05) is 36.4 Å². The van der Waals surface area contributed by atoms with Crippen molar-refractivity contribution < 1.29 is 4.42 Å². The average Bonchev–Trinajstić information content (AvgIpc) is 3.98. The van der Waals surface area contributed by atoms with Crippen molar-refractivity contribution in [3.8, 4) is 39.9 Å². The minimum absolute atomic E-state index is 0.181. The average molecular weight is 846 g/mol. The fourth-order valence-electron chi connectivity index (χ4n) is 9.91. The molecule has 0 radical (unpaired) electrons. The Morgan fingerprint density at radius 2 is 1.09 bits per heavy atom. The number of rotatable bonds is 7. The molecule has 0 saturated heterocycles. The van der Waals surface area contributed by atoms with E-state index in [0.717, 1.165) is 88.8 Å². The van der Waals surface area contributed by atoms with Gasteiger partial charge in [-0.15, -0.1) is 0 Å². The number of hydrogen-bond donors (Lipinski definition) is 0. The van der Waals surface area contributed by atoms with Crippen molar-refractivity contribution in [1.82, 2.24) is 24.5 Å². The van der Waals surface area contributed by atoms with Gasteiger partial charge in [-0.05, 0) is 75.7 Å². The number of allylic oxidation sites excluding steroid dienone is 4. The molecule has 1 aliphatic carbocycles. The lowest BCUT2D eigenvalue weighted by atomic mass is 9.83. The van der Waals surface area contributed by atoms with Crippen molar-refractivity contribution in [1.29, 1.82) is 0 Å². The summed E-state index contributed by atoms with van der Waals surface area (Å²) >= 11 is 0. The third-order valence-electron chi connectivity index (χ3n) is 13.0. The van der Waals surface area contributed by atoms with Gasteiger partial charge in [0.05, 0.1) is 11.0 Å². The second-order valence-corrected chi connectivity index (χ2v) is 17.0. The van der Waals surface area contributed by atoms with E-state index in [0.29, 0.717) is 23.4 Å². The number of oxazole rings is 1. The minimum Gasteiger partial charge on any atom is -0.436 e. The summed E-state index contributed by atoms with van der Waals surface area (Å²) in [5.74, 6) is 2.64. The molecule has 0 saturated carbocycles. The van der Waals surface area contributed by atoms with Gasteiger partial charge in [-0.2, -0.15) is 0 Å². The maximum atomic E-state index is 6.66. The first-order chi connectivity index (χ1) is 32.7. The second-order valence-electron chi connectivity index (χ2n) is 17.0. The van der Waals surface area contributed by atoms with E-state index >= 15 is 0 Å². The predicted molar refractivity (Wildman–Crippen MR) is 269 cm³/mol. The number of hydrogen-bond acceptors (Lipinski definition) is 5. The van der Waals surface area contributed by atoms with Crippen molar-refractivity contribution in [2.75, 3.05) is 0 Å². The number of para-hydroxylation sites is 1. The molecule has 0 amide bonds. The van der Waals surface area contributed by atoms with E-state index in [1.54, 1.807) is 0 Å². The van der Waals surface area contributed by atoms with E-state index in [4.69, 9.17) is 24.4 Å². The Hall–Kier alpha value is -8.74. The van der Waals surface area contributed by atoms with Crippen LogP contribution < -0.4 is 0 Å². The Morgan fingerprint density at radius 1 is 0.485 bits per heavy atom. The van der Waals surface area contributed by atoms with E-state index < -0.39 is 0 Å². The van der Waals surface area contributed by atoms with E-state index in [9.17, 15) is 0 Å². The van der Waals surface area contributed by atoms with Crippen molar-refractivity contribution in [2.45, 2.75) is 12.3 Å². The Kier molecular flexibility index (Phi) is 8.88. The highest BCUT2D eigenvalue weighted by Crippen LogP contribution is 2.44. The zero-order chi connectivity index (χ0) is 43.6. The molecule has 0 aliphatic heterocycles. The van der Waals surface area contributed by atoms with E-state index in [2.05, 4.69) is 187 Å². The van der Waals surface area contributed by atoms with Crippen molar-refractivity contribution >= 4 is 65.6 Å². The lowest BCUT2D eigenvalue weighted by Gasteiger charge is -2.21. The minimum atomic E-state index is 0.181. The molecule has 0 fully saturated rings. The molecule has 3 aromatic heterocycles. The number of nitrogens with zero attached hydrogens (tertiary/aromatic N) is 5. The van der Waals surface area contributed by atoms with Crippen molar-refractivity contribution in [2.24, 2.45) is 0 Å². The molecular formula is C60H39N5O. The zero-order valence-electron chi connectivity index (χ0n) is 35.7. The molecule has 3 heterocycles. The summed E-state index contributed by atoms with van der Waals surface area (Å²) in [5, 5.41) is 6.73. The van der Waals surface area contributed by atoms with Crippen LogP contribution in [-0.2, 0) is 0 Å². The Bertz CT molecular complexity index is 3830. The highest BCUT2D eigenvalue weighted by molar-refractivity contribution is 6.26. The smallest absolute Gasteiger partial charge is 0.227 e. The summed E-state index contributed by atoms with van der Waals surface area (Å²) in [6.45, 7) is 0. The molecule has 66 heavy (non-hydrogen) atoms. The molecular weight excluding hydrogens is 807 g/mol. The summed E-state index contributed by atoms with van der Waals surface area (Å²) in [7, 11) is 0. The lowest BCUT2D eigenvalue weighted by Crippen LogP contribution is -2.03. The summed E-state index contributed by atoms with van der Waals surface area (Å²) < 4.78 is 9.04. The fraction of sp³-hybridized carbons (Fsp3) is 0.0333. The third-order valence-corrected chi connectivity index (χ3v) is 13.0. The first-order valence-electron chi connectivity index (χ1n) is 22.4. The zero-order valence-corrected chi connectivity index (χ0v) is 35.7. The molecule has 13 rings (SSSR count). The normalized spacial score (nSPS) is 14.0. The SMILES string of the molecule is C1=C(c2ccccc2)CC(c2ccccc2)C=C1c1nc2cc(-n3c4ccccc4c4ccc5c6ccccc6cc(-c6nc(-c7ccccc7)nc(-c7ccccc7)n6)c5c43)ccc2o1. The lowest BCUT2D eigenvalue weighted by molar-refractivity contribution is 0.584. The summed E-state index contributed by atoms with van der Waals surface area (Å²) in [6, 6.07) is 72.1. The van der Waals surface area contributed by atoms with Crippen LogP contribution in [0.2, 0.25) is 0 Å². The van der Waals surface area contributed by atoms with Crippen LogP contribution >= 0.6 is 0 Å². The Morgan fingerprint density at radius 3 is 1.82 bits per heavy atom. The molecule has 9 aromatic carbocycles. The van der Waals surface area contributed by atoms with Crippen LogP contribution in [0.3, 0.4) is 0 Å². The highest BCUT2D eigenvalue weighted by atomic mass is 16.3. The molecule has 1 atom stereocenters. The van der Waals surface area contributed by atoms with Crippen LogP contribution in [0, 0.1) is 0 Å². The largest absolute Gasteiger partial charge is 0.436 e. The standard InChI is InChI=1S/C60H39N5O/c1-5-17-38(18-6-1)43-33-44(39-19-7-2-8-20-39)35-45(34-43)60-61-52-37-46(29-32-54(52)66-60)65-53-28-16-15-27-48(53)50-31-30-49-47-26-14-13-25-42(47)36-51(55(49)56(50)65)59-63-57(40-21-9-3-10-22-40)62-58(64-59)41-23-11-4-12-24-41/h1-32,34-37,43H,33H2. The summed E-state index contributed by atoms with van der Waals surface area (Å²) in [6.07, 6.45) is 5.46. The monoisotopic (exact) mass is 845 g/mol. The highest BCUT2D eigenvalue weighted by Gasteiger charge is 2.24. The molecule has 1 aliphatic rings. The third kappa shape index (κ3) is 6.41. The molecule has 0 bridgehead atoms. The molecule has 1 unspecified atom stereocenters. The van der Waals surface area contributed by atoms with Gasteiger partial charge in [0, 0.05) is 50.0 Å². The van der Waals surface area contributed by atoms with Gasteiger partial charge in [0.15, 0.2) is 23.1 Å². The quantitative estimate of drug-likeness (QED) is 0.149. The molecule has 12 aromatic rings. The molecule has 6 nitrogen and oxygen atoms in total. The van der Waals surface area contributed by atoms with Crippen molar-refractivity contribution in [3.63, 3.8) is 0 Å². The van der Waals surface area contributed by atoms with Gasteiger partial charge in [0.25, 0.3) is 0 Å². The molecule has 0 N–H and O–H groups in total. The van der Waals surface area contributed by atoms with Gasteiger partial charge < -0.3 is 8.98 Å². The van der Waals surface area contributed by atoms with Crippen LogP contribution in [0.15, 0.2) is 223 Å². The first kappa shape index (κ1) is 37.8. The van der Waals surface area contributed by atoms with Crippen LogP contribution in [0.4, 0.5) is 0 Å². The van der Waals surface area contributed by atoms with E-state index in [1.165, 1.54) is 16.7 Å². The molecule has 310 valence electrons. The number of benzene rings is 9. The van der Waals surface area contributed by atoms with Crippen LogP contribution in [0.5, 0.6) is 0 Å². The van der Waals surface area contributed by atoms with E-state index in [-0.39, 0.29) is 5.92 Å². The number of fused-ring (bicyclic) bond motifs is 8. The summed E-state index contributed by atoms with van der Waals surface area (Å²) in [4.78, 5) is 20.9. The Balaban J connectivity index is 1.05. The second kappa shape index (κ2) is 15.5. The van der Waals surface area contributed by atoms with Crippen LogP contribution in [-0.4, -0.2) is 24.5 Å². The van der Waals surface area contributed by atoms with Gasteiger partial charge >= 0.3 is 0 Å². The molecule has 0 spiro atoms. The first-order valence-corrected chi connectivity index (χ1v) is 22.4. The van der Waals surface area contributed by atoms with Crippen LogP contribution in [0.25, 0.3) is 105 Å². The topological polar surface area (TPSA) is 69.6 Å².